The Kier molecular flexibility index (Phi) is 2.73. The van der Waals surface area contributed by atoms with Crippen molar-refractivity contribution in [3.8, 4) is 17.3 Å². The third kappa shape index (κ3) is 1.67. The summed E-state index contributed by atoms with van der Waals surface area (Å²) in [5, 5.41) is 17.6. The van der Waals surface area contributed by atoms with E-state index in [4.69, 9.17) is 11.0 Å². The Labute approximate surface area is 99.0 Å². The minimum Gasteiger partial charge on any atom is -0.364 e. The molecule has 18 heavy (non-hydrogen) atoms. The summed E-state index contributed by atoms with van der Waals surface area (Å²) in [5.74, 6) is -3.53. The fourth-order valence-electron chi connectivity index (χ4n) is 1.41. The summed E-state index contributed by atoms with van der Waals surface area (Å²) in [7, 11) is 0. The summed E-state index contributed by atoms with van der Waals surface area (Å²) in [6.45, 7) is 0. The molecule has 0 saturated carbocycles. The zero-order valence-electron chi connectivity index (χ0n) is 8.74. The van der Waals surface area contributed by atoms with Gasteiger partial charge >= 0.3 is 0 Å². The van der Waals surface area contributed by atoms with Gasteiger partial charge in [0.25, 0.3) is 5.91 Å². The number of nitrogens with one attached hydrogen (secondary N) is 1. The number of carbonyl (C=O) groups excluding carboxylic acids is 1. The minimum atomic E-state index is -1.31. The van der Waals surface area contributed by atoms with E-state index in [0.717, 1.165) is 12.1 Å². The number of nitrogens with zero attached hydrogens (tertiary/aromatic N) is 3. The van der Waals surface area contributed by atoms with Crippen LogP contribution in [-0.4, -0.2) is 21.3 Å². The fraction of sp³-hybridized carbons (Fsp3) is 0. The zero-order chi connectivity index (χ0) is 13.3. The second kappa shape index (κ2) is 4.21. The molecule has 0 bridgehead atoms. The van der Waals surface area contributed by atoms with Gasteiger partial charge in [0.15, 0.2) is 17.3 Å². The first kappa shape index (κ1) is 11.7. The minimum absolute atomic E-state index is 0.205. The maximum absolute atomic E-state index is 13.7. The van der Waals surface area contributed by atoms with E-state index in [2.05, 4.69) is 15.4 Å². The van der Waals surface area contributed by atoms with E-state index >= 15 is 0 Å². The van der Waals surface area contributed by atoms with Crippen molar-refractivity contribution >= 4 is 5.91 Å². The maximum atomic E-state index is 13.7. The molecule has 0 aliphatic carbocycles. The molecule has 0 atom stereocenters. The molecule has 1 aromatic heterocycles. The fourth-order valence-corrected chi connectivity index (χ4v) is 1.41. The first-order chi connectivity index (χ1) is 8.56. The largest absolute Gasteiger partial charge is 0.364 e. The average Bonchev–Trinajstić information content (AvgIpc) is 2.81. The lowest BCUT2D eigenvalue weighted by Gasteiger charge is -2.02. The number of nitriles is 1. The van der Waals surface area contributed by atoms with Crippen LogP contribution in [-0.2, 0) is 0 Å². The first-order valence-corrected chi connectivity index (χ1v) is 4.65. The second-order valence-electron chi connectivity index (χ2n) is 3.29. The van der Waals surface area contributed by atoms with Gasteiger partial charge in [-0.2, -0.15) is 20.7 Å². The highest BCUT2D eigenvalue weighted by Crippen LogP contribution is 2.26. The molecular weight excluding hydrogens is 244 g/mol. The lowest BCUT2D eigenvalue weighted by Crippen LogP contribution is -2.13. The predicted octanol–water partition coefficient (Wildman–Crippen LogP) is 0.720. The van der Waals surface area contributed by atoms with Crippen LogP contribution >= 0.6 is 0 Å². The highest BCUT2D eigenvalue weighted by atomic mass is 19.2. The summed E-state index contributed by atoms with van der Waals surface area (Å²) in [4.78, 5) is 11.0. The second-order valence-corrected chi connectivity index (χ2v) is 3.29. The van der Waals surface area contributed by atoms with Crippen molar-refractivity contribution in [2.24, 2.45) is 5.73 Å². The maximum Gasteiger partial charge on any atom is 0.271 e. The number of primary amides is 1. The summed E-state index contributed by atoms with van der Waals surface area (Å²) >= 11 is 0. The molecule has 0 saturated heterocycles. The van der Waals surface area contributed by atoms with Gasteiger partial charge < -0.3 is 5.73 Å². The molecule has 0 aliphatic rings. The standard InChI is InChI=1S/C10H5F2N5O/c11-6-4(3-13)1-2-5(7(6)12)8-9(10(14)18)16-17-15-8/h1-2H,(H2,14,18)(H,15,16,17). The first-order valence-electron chi connectivity index (χ1n) is 4.65. The summed E-state index contributed by atoms with van der Waals surface area (Å²) in [6, 6.07) is 3.70. The molecule has 0 radical (unpaired) electrons. The quantitative estimate of drug-likeness (QED) is 0.817. The molecule has 0 aliphatic heterocycles. The summed E-state index contributed by atoms with van der Waals surface area (Å²) in [5.41, 5.74) is 3.76. The Morgan fingerprint density at radius 1 is 1.33 bits per heavy atom. The van der Waals surface area contributed by atoms with Crippen molar-refractivity contribution in [3.05, 3.63) is 35.0 Å². The molecule has 0 spiro atoms. The molecule has 1 amide bonds. The van der Waals surface area contributed by atoms with E-state index in [1.807, 2.05) is 0 Å². The van der Waals surface area contributed by atoms with E-state index in [9.17, 15) is 13.6 Å². The van der Waals surface area contributed by atoms with Crippen LogP contribution in [0.5, 0.6) is 0 Å². The Balaban J connectivity index is 2.66. The Morgan fingerprint density at radius 2 is 2.06 bits per heavy atom. The molecule has 0 unspecified atom stereocenters. The molecule has 3 N–H and O–H groups in total. The van der Waals surface area contributed by atoms with Gasteiger partial charge in [-0.3, -0.25) is 4.79 Å². The van der Waals surface area contributed by atoms with Gasteiger partial charge in [0.05, 0.1) is 5.56 Å². The number of nitrogens with two attached hydrogens (primary N) is 1. The third-order valence-electron chi connectivity index (χ3n) is 2.24. The highest BCUT2D eigenvalue weighted by Gasteiger charge is 2.21. The topological polar surface area (TPSA) is 108 Å². The van der Waals surface area contributed by atoms with E-state index < -0.39 is 23.1 Å². The summed E-state index contributed by atoms with van der Waals surface area (Å²) in [6.07, 6.45) is 0. The van der Waals surface area contributed by atoms with Gasteiger partial charge in [-0.15, -0.1) is 0 Å². The number of aromatic nitrogens is 3. The number of hydrogen-bond acceptors (Lipinski definition) is 4. The Morgan fingerprint density at radius 3 is 2.67 bits per heavy atom. The molecule has 2 rings (SSSR count). The van der Waals surface area contributed by atoms with Crippen molar-refractivity contribution < 1.29 is 13.6 Å². The molecule has 6 nitrogen and oxygen atoms in total. The van der Waals surface area contributed by atoms with Crippen LogP contribution in [0.1, 0.15) is 16.1 Å². The van der Waals surface area contributed by atoms with Gasteiger partial charge in [-0.25, -0.2) is 8.78 Å². The van der Waals surface area contributed by atoms with Gasteiger partial charge in [0, 0.05) is 5.56 Å². The number of carbonyl (C=O) groups is 1. The molecule has 2 aromatic rings. The predicted molar refractivity (Wildman–Crippen MR) is 55.0 cm³/mol. The van der Waals surface area contributed by atoms with Gasteiger partial charge in [-0.1, -0.05) is 0 Å². The number of rotatable bonds is 2. The van der Waals surface area contributed by atoms with Crippen LogP contribution in [0.2, 0.25) is 0 Å². The zero-order valence-corrected chi connectivity index (χ0v) is 8.74. The van der Waals surface area contributed by atoms with Crippen molar-refractivity contribution in [2.45, 2.75) is 0 Å². The Hall–Kier alpha value is -2.82. The lowest BCUT2D eigenvalue weighted by atomic mass is 10.1. The van der Waals surface area contributed by atoms with E-state index in [1.54, 1.807) is 0 Å². The molecule has 90 valence electrons. The van der Waals surface area contributed by atoms with Crippen molar-refractivity contribution in [3.63, 3.8) is 0 Å². The smallest absolute Gasteiger partial charge is 0.271 e. The number of amides is 1. The molecule has 1 heterocycles. The van der Waals surface area contributed by atoms with Crippen molar-refractivity contribution in [1.29, 1.82) is 5.26 Å². The molecule has 0 fully saturated rings. The number of H-pyrrole nitrogens is 1. The lowest BCUT2D eigenvalue weighted by molar-refractivity contribution is 0.0996. The van der Waals surface area contributed by atoms with E-state index in [-0.39, 0.29) is 17.0 Å². The number of aromatic amines is 1. The van der Waals surface area contributed by atoms with Crippen LogP contribution in [0.15, 0.2) is 12.1 Å². The van der Waals surface area contributed by atoms with Crippen LogP contribution in [0.25, 0.3) is 11.3 Å². The highest BCUT2D eigenvalue weighted by molar-refractivity contribution is 5.96. The van der Waals surface area contributed by atoms with Gasteiger partial charge in [-0.05, 0) is 12.1 Å². The van der Waals surface area contributed by atoms with Crippen molar-refractivity contribution in [1.82, 2.24) is 15.4 Å². The van der Waals surface area contributed by atoms with Gasteiger partial charge in [0.1, 0.15) is 11.8 Å². The SMILES string of the molecule is N#Cc1ccc(-c2n[nH]nc2C(N)=O)c(F)c1F. The summed E-state index contributed by atoms with van der Waals surface area (Å²) < 4.78 is 27.1. The van der Waals surface area contributed by atoms with Crippen LogP contribution in [0.4, 0.5) is 8.78 Å². The van der Waals surface area contributed by atoms with Crippen LogP contribution in [0, 0.1) is 23.0 Å². The van der Waals surface area contributed by atoms with Crippen LogP contribution in [0.3, 0.4) is 0 Å². The molecule has 1 aromatic carbocycles. The monoisotopic (exact) mass is 249 g/mol. The van der Waals surface area contributed by atoms with Crippen molar-refractivity contribution in [2.75, 3.05) is 0 Å². The normalized spacial score (nSPS) is 10.1. The Bertz CT molecular complexity index is 673. The van der Waals surface area contributed by atoms with E-state index in [0.29, 0.717) is 0 Å². The molecular formula is C10H5F2N5O. The number of hydrogen-bond donors (Lipinski definition) is 2. The number of benzene rings is 1. The number of halogens is 2. The third-order valence-corrected chi connectivity index (χ3v) is 2.24. The van der Waals surface area contributed by atoms with Gasteiger partial charge in [0.2, 0.25) is 0 Å². The van der Waals surface area contributed by atoms with Crippen LogP contribution < -0.4 is 5.73 Å². The molecule has 8 heteroatoms. The average molecular weight is 249 g/mol. The van der Waals surface area contributed by atoms with E-state index in [1.165, 1.54) is 6.07 Å².